The zero-order valence-electron chi connectivity index (χ0n) is 13.9. The number of H-pyrrole nitrogens is 1. The number of ether oxygens (including phenoxy) is 1. The summed E-state index contributed by atoms with van der Waals surface area (Å²) in [6, 6.07) is 2.03. The van der Waals surface area contributed by atoms with Crippen LogP contribution in [0, 0.1) is 13.8 Å². The number of carbonyl (C=O) groups excluding carboxylic acids is 1. The number of fused-ring (bicyclic) bond motifs is 1. The molecule has 0 aliphatic carbocycles. The number of amides is 2. The van der Waals surface area contributed by atoms with Gasteiger partial charge in [0, 0.05) is 24.3 Å². The minimum atomic E-state index is -0.143. The van der Waals surface area contributed by atoms with E-state index in [1.807, 2.05) is 19.9 Å². The van der Waals surface area contributed by atoms with Crippen LogP contribution in [0.2, 0.25) is 0 Å². The molecule has 2 fully saturated rings. The zero-order valence-corrected chi connectivity index (χ0v) is 13.9. The van der Waals surface area contributed by atoms with Crippen molar-refractivity contribution < 1.29 is 9.53 Å². The van der Waals surface area contributed by atoms with Gasteiger partial charge >= 0.3 is 6.03 Å². The minimum absolute atomic E-state index is 0.0870. The summed E-state index contributed by atoms with van der Waals surface area (Å²) in [5.41, 5.74) is 2.19. The predicted octanol–water partition coefficient (Wildman–Crippen LogP) is 0.216. The first kappa shape index (κ1) is 16.0. The van der Waals surface area contributed by atoms with E-state index in [-0.39, 0.29) is 30.3 Å². The van der Waals surface area contributed by atoms with Crippen LogP contribution in [0.4, 0.5) is 4.79 Å². The summed E-state index contributed by atoms with van der Waals surface area (Å²) in [4.78, 5) is 31.2. The second-order valence-corrected chi connectivity index (χ2v) is 6.46. The lowest BCUT2D eigenvalue weighted by atomic mass is 10.1. The smallest absolute Gasteiger partial charge is 0.317 e. The number of likely N-dealkylation sites (tertiary alicyclic amines) is 1. The van der Waals surface area contributed by atoms with Gasteiger partial charge in [-0.25, -0.2) is 4.79 Å². The highest BCUT2D eigenvalue weighted by Gasteiger charge is 2.40. The number of hydrogen-bond acceptors (Lipinski definition) is 4. The lowest BCUT2D eigenvalue weighted by molar-refractivity contribution is -0.0367. The van der Waals surface area contributed by atoms with Crippen molar-refractivity contribution >= 4 is 6.03 Å². The van der Waals surface area contributed by atoms with Crippen LogP contribution in [0.1, 0.15) is 16.8 Å². The molecule has 0 unspecified atom stereocenters. The number of morpholine rings is 1. The number of nitrogens with zero attached hydrogens (tertiary/aromatic N) is 2. The van der Waals surface area contributed by atoms with Crippen LogP contribution < -0.4 is 10.9 Å². The van der Waals surface area contributed by atoms with Gasteiger partial charge in [-0.3, -0.25) is 9.69 Å². The highest BCUT2D eigenvalue weighted by atomic mass is 16.5. The number of urea groups is 1. The number of nitrogens with one attached hydrogen (secondary N) is 2. The first-order valence-corrected chi connectivity index (χ1v) is 7.99. The molecule has 0 aromatic carbocycles. The van der Waals surface area contributed by atoms with E-state index >= 15 is 0 Å². The summed E-state index contributed by atoms with van der Waals surface area (Å²) < 4.78 is 5.75. The van der Waals surface area contributed by atoms with E-state index in [2.05, 4.69) is 22.2 Å². The fraction of sp³-hybridized carbons (Fsp3) is 0.625. The summed E-state index contributed by atoms with van der Waals surface area (Å²) in [6.45, 7) is 6.85. The molecule has 2 N–H and O–H groups in total. The molecule has 23 heavy (non-hydrogen) atoms. The van der Waals surface area contributed by atoms with Crippen LogP contribution in [-0.4, -0.2) is 66.2 Å². The summed E-state index contributed by atoms with van der Waals surface area (Å²) in [6.07, 6.45) is 0.0870. The third kappa shape index (κ3) is 3.25. The lowest BCUT2D eigenvalue weighted by Gasteiger charge is -2.33. The van der Waals surface area contributed by atoms with Crippen LogP contribution in [0.5, 0.6) is 0 Å². The van der Waals surface area contributed by atoms with Crippen LogP contribution in [-0.2, 0) is 11.3 Å². The van der Waals surface area contributed by atoms with Gasteiger partial charge in [0.1, 0.15) is 0 Å². The molecule has 2 saturated heterocycles. The van der Waals surface area contributed by atoms with Crippen molar-refractivity contribution in [1.29, 1.82) is 0 Å². The molecule has 3 heterocycles. The van der Waals surface area contributed by atoms with E-state index in [0.717, 1.165) is 17.8 Å². The molecule has 3 rings (SSSR count). The van der Waals surface area contributed by atoms with Gasteiger partial charge in [0.2, 0.25) is 0 Å². The molecule has 1 aromatic heterocycles. The third-order valence-electron chi connectivity index (χ3n) is 4.78. The Kier molecular flexibility index (Phi) is 4.41. The second kappa shape index (κ2) is 6.33. The van der Waals surface area contributed by atoms with E-state index in [1.165, 1.54) is 0 Å². The minimum Gasteiger partial charge on any atom is -0.373 e. The number of hydrogen-bond donors (Lipinski definition) is 2. The maximum atomic E-state index is 12.4. The molecule has 2 atom stereocenters. The molecule has 7 nitrogen and oxygen atoms in total. The molecule has 7 heteroatoms. The van der Waals surface area contributed by atoms with Crippen molar-refractivity contribution in [3.8, 4) is 0 Å². The number of carbonyl (C=O) groups is 1. The molecule has 2 amide bonds. The van der Waals surface area contributed by atoms with E-state index in [4.69, 9.17) is 4.74 Å². The van der Waals surface area contributed by atoms with Gasteiger partial charge < -0.3 is 19.9 Å². The Morgan fingerprint density at radius 3 is 2.91 bits per heavy atom. The second-order valence-electron chi connectivity index (χ2n) is 6.46. The molecular formula is C16H24N4O3. The average Bonchev–Trinajstić information content (AvgIpc) is 2.91. The summed E-state index contributed by atoms with van der Waals surface area (Å²) in [7, 11) is 2.07. The van der Waals surface area contributed by atoms with Gasteiger partial charge in [-0.05, 0) is 32.5 Å². The molecule has 2 aliphatic heterocycles. The highest BCUT2D eigenvalue weighted by Crippen LogP contribution is 2.21. The fourth-order valence-corrected chi connectivity index (χ4v) is 3.40. The normalized spacial score (nSPS) is 24.6. The van der Waals surface area contributed by atoms with Gasteiger partial charge in [-0.15, -0.1) is 0 Å². The van der Waals surface area contributed by atoms with Crippen LogP contribution in [0.25, 0.3) is 0 Å². The van der Waals surface area contributed by atoms with Crippen LogP contribution in [0.3, 0.4) is 0 Å². The Labute approximate surface area is 135 Å². The predicted molar refractivity (Wildman–Crippen MR) is 86.5 cm³/mol. The number of aromatic amines is 1. The van der Waals surface area contributed by atoms with Crippen molar-refractivity contribution in [1.82, 2.24) is 20.1 Å². The Balaban J connectivity index is 1.61. The number of aromatic nitrogens is 1. The standard InChI is InChI=1S/C16H24N4O3/c1-10-6-11(2)18-15(21)12(10)7-17-16(22)20-8-13-14(9-20)23-5-4-19(13)3/h6,13-14H,4-5,7-9H2,1-3H3,(H,17,22)(H,18,21)/t13-,14+/m0/s1. The maximum Gasteiger partial charge on any atom is 0.317 e. The first-order valence-electron chi connectivity index (χ1n) is 7.99. The monoisotopic (exact) mass is 320 g/mol. The number of pyridine rings is 1. The van der Waals surface area contributed by atoms with E-state index in [9.17, 15) is 9.59 Å². The summed E-state index contributed by atoms with van der Waals surface area (Å²) in [5, 5.41) is 2.86. The fourth-order valence-electron chi connectivity index (χ4n) is 3.40. The Morgan fingerprint density at radius 1 is 1.43 bits per heavy atom. The molecule has 126 valence electrons. The van der Waals surface area contributed by atoms with Crippen LogP contribution >= 0.6 is 0 Å². The average molecular weight is 320 g/mol. The van der Waals surface area contributed by atoms with Gasteiger partial charge in [-0.1, -0.05) is 0 Å². The van der Waals surface area contributed by atoms with Crippen molar-refractivity contribution in [2.45, 2.75) is 32.5 Å². The van der Waals surface area contributed by atoms with Crippen molar-refractivity contribution in [2.75, 3.05) is 33.3 Å². The van der Waals surface area contributed by atoms with Crippen molar-refractivity contribution in [3.05, 3.63) is 33.2 Å². The quantitative estimate of drug-likeness (QED) is 0.817. The molecule has 0 bridgehead atoms. The van der Waals surface area contributed by atoms with Crippen molar-refractivity contribution in [3.63, 3.8) is 0 Å². The SMILES string of the molecule is Cc1cc(C)c(CNC(=O)N2C[C@H]3OCCN(C)[C@H]3C2)c(=O)[nH]1. The van der Waals surface area contributed by atoms with Gasteiger partial charge in [0.25, 0.3) is 5.56 Å². The van der Waals surface area contributed by atoms with Gasteiger partial charge in [-0.2, -0.15) is 0 Å². The molecule has 2 aliphatic rings. The molecule has 1 aromatic rings. The summed E-state index contributed by atoms with van der Waals surface area (Å²) in [5.74, 6) is 0. The molecule has 0 radical (unpaired) electrons. The summed E-state index contributed by atoms with van der Waals surface area (Å²) >= 11 is 0. The van der Waals surface area contributed by atoms with E-state index in [0.29, 0.717) is 25.3 Å². The number of aryl methyl sites for hydroxylation is 2. The van der Waals surface area contributed by atoms with Gasteiger partial charge in [0.05, 0.1) is 31.8 Å². The van der Waals surface area contributed by atoms with Crippen LogP contribution in [0.15, 0.2) is 10.9 Å². The Morgan fingerprint density at radius 2 is 2.22 bits per heavy atom. The Bertz CT molecular complexity index is 657. The number of likely N-dealkylation sites (N-methyl/N-ethyl adjacent to an activating group) is 1. The maximum absolute atomic E-state index is 12.4. The number of rotatable bonds is 2. The van der Waals surface area contributed by atoms with E-state index in [1.54, 1.807) is 4.90 Å². The van der Waals surface area contributed by atoms with Crippen molar-refractivity contribution in [2.24, 2.45) is 0 Å². The topological polar surface area (TPSA) is 77.7 Å². The van der Waals surface area contributed by atoms with Gasteiger partial charge in [0.15, 0.2) is 0 Å². The zero-order chi connectivity index (χ0) is 16.6. The molecule has 0 spiro atoms. The first-order chi connectivity index (χ1) is 11.0. The Hall–Kier alpha value is -1.86. The van der Waals surface area contributed by atoms with E-state index < -0.39 is 0 Å². The molecule has 0 saturated carbocycles. The largest absolute Gasteiger partial charge is 0.373 e. The highest BCUT2D eigenvalue weighted by molar-refractivity contribution is 5.74. The lowest BCUT2D eigenvalue weighted by Crippen LogP contribution is -2.48. The third-order valence-corrected chi connectivity index (χ3v) is 4.78. The molecular weight excluding hydrogens is 296 g/mol.